The van der Waals surface area contributed by atoms with Gasteiger partial charge in [0.15, 0.2) is 0 Å². The summed E-state index contributed by atoms with van der Waals surface area (Å²) in [4.78, 5) is 9.60. The molecule has 2 nitrogen and oxygen atoms in total. The summed E-state index contributed by atoms with van der Waals surface area (Å²) in [5.74, 6) is 0.431. The minimum absolute atomic E-state index is 0.00741. The van der Waals surface area contributed by atoms with Crippen LogP contribution in [0, 0.1) is 11.3 Å². The van der Waals surface area contributed by atoms with Gasteiger partial charge in [-0.2, -0.15) is 9.78 Å². The summed E-state index contributed by atoms with van der Waals surface area (Å²) in [5.41, 5.74) is 0.232. The molecule has 0 spiro atoms. The van der Waals surface area contributed by atoms with Crippen LogP contribution in [-0.4, -0.2) is 6.29 Å². The summed E-state index contributed by atoms with van der Waals surface area (Å²) in [6.07, 6.45) is 2.88. The van der Waals surface area contributed by atoms with Crippen molar-refractivity contribution in [3.63, 3.8) is 0 Å². The van der Waals surface area contributed by atoms with Crippen molar-refractivity contribution in [3.8, 4) is 0 Å². The van der Waals surface area contributed by atoms with Gasteiger partial charge >= 0.3 is 0 Å². The third kappa shape index (κ3) is 2.31. The van der Waals surface area contributed by atoms with Crippen LogP contribution in [0.5, 0.6) is 0 Å². The molecule has 2 heteroatoms. The van der Waals surface area contributed by atoms with E-state index in [9.17, 15) is 0 Å². The molecule has 11 heavy (non-hydrogen) atoms. The summed E-state index contributed by atoms with van der Waals surface area (Å²) in [5, 5.41) is 0. The van der Waals surface area contributed by atoms with E-state index in [1.165, 1.54) is 0 Å². The first-order valence-corrected chi connectivity index (χ1v) is 3.98. The molecule has 1 atom stereocenters. The molecule has 0 radical (unpaired) electrons. The van der Waals surface area contributed by atoms with Crippen LogP contribution < -0.4 is 0 Å². The molecule has 0 amide bonds. The first kappa shape index (κ1) is 8.75. The molecule has 1 unspecified atom stereocenters. The minimum atomic E-state index is 0.00741. The van der Waals surface area contributed by atoms with Crippen LogP contribution in [0.3, 0.4) is 0 Å². The Labute approximate surface area is 68.1 Å². The lowest BCUT2D eigenvalue weighted by atomic mass is 9.79. The zero-order chi connectivity index (χ0) is 8.48. The van der Waals surface area contributed by atoms with E-state index in [2.05, 4.69) is 27.4 Å². The van der Waals surface area contributed by atoms with Gasteiger partial charge in [0.2, 0.25) is 6.29 Å². The number of hydrogen-bond acceptors (Lipinski definition) is 2. The highest BCUT2D eigenvalue weighted by molar-refractivity contribution is 4.84. The van der Waals surface area contributed by atoms with Gasteiger partial charge in [-0.1, -0.05) is 26.8 Å². The van der Waals surface area contributed by atoms with Crippen LogP contribution in [0.1, 0.15) is 27.2 Å². The van der Waals surface area contributed by atoms with Crippen molar-refractivity contribution in [2.24, 2.45) is 11.3 Å². The highest BCUT2D eigenvalue weighted by atomic mass is 17.4. The SMILES string of the molecule is C=CCC(C1OO1)C(C)(C)C. The Morgan fingerprint density at radius 3 is 2.27 bits per heavy atom. The lowest BCUT2D eigenvalue weighted by Gasteiger charge is -2.26. The molecule has 1 heterocycles. The summed E-state index contributed by atoms with van der Waals surface area (Å²) >= 11 is 0. The van der Waals surface area contributed by atoms with Crippen LogP contribution in [0.25, 0.3) is 0 Å². The van der Waals surface area contributed by atoms with E-state index in [0.29, 0.717) is 5.92 Å². The summed E-state index contributed by atoms with van der Waals surface area (Å²) in [6, 6.07) is 0. The lowest BCUT2D eigenvalue weighted by molar-refractivity contribution is 0.0850. The molecule has 1 rings (SSSR count). The number of hydrogen-bond donors (Lipinski definition) is 0. The number of allylic oxidation sites excluding steroid dienone is 1. The van der Waals surface area contributed by atoms with E-state index >= 15 is 0 Å². The van der Waals surface area contributed by atoms with Crippen molar-refractivity contribution < 1.29 is 9.78 Å². The Morgan fingerprint density at radius 1 is 1.45 bits per heavy atom. The number of rotatable bonds is 3. The molecule has 0 bridgehead atoms. The van der Waals surface area contributed by atoms with Gasteiger partial charge in [0.05, 0.1) is 0 Å². The summed E-state index contributed by atoms with van der Waals surface area (Å²) in [6.45, 7) is 10.3. The zero-order valence-corrected chi connectivity index (χ0v) is 7.46. The molecule has 0 aliphatic carbocycles. The van der Waals surface area contributed by atoms with Gasteiger partial charge < -0.3 is 0 Å². The average Bonchev–Trinajstić information content (AvgIpc) is 2.61. The van der Waals surface area contributed by atoms with Crippen molar-refractivity contribution in [1.82, 2.24) is 0 Å². The zero-order valence-electron chi connectivity index (χ0n) is 7.46. The Balaban J connectivity index is 2.50. The van der Waals surface area contributed by atoms with Crippen LogP contribution in [-0.2, 0) is 9.78 Å². The Morgan fingerprint density at radius 2 is 2.00 bits per heavy atom. The summed E-state index contributed by atoms with van der Waals surface area (Å²) < 4.78 is 0. The molecule has 0 saturated carbocycles. The molecule has 1 saturated heterocycles. The van der Waals surface area contributed by atoms with Crippen molar-refractivity contribution in [2.45, 2.75) is 33.5 Å². The maximum absolute atomic E-state index is 4.80. The smallest absolute Gasteiger partial charge is 0.198 e. The third-order valence-corrected chi connectivity index (χ3v) is 2.07. The predicted molar refractivity (Wildman–Crippen MR) is 43.7 cm³/mol. The van der Waals surface area contributed by atoms with Gasteiger partial charge in [0, 0.05) is 5.92 Å². The second-order valence-electron chi connectivity index (χ2n) is 4.06. The monoisotopic (exact) mass is 156 g/mol. The first-order chi connectivity index (χ1) is 5.05. The largest absolute Gasteiger partial charge is 0.228 e. The van der Waals surface area contributed by atoms with Gasteiger partial charge in [-0.25, -0.2) is 0 Å². The van der Waals surface area contributed by atoms with Gasteiger partial charge in [-0.3, -0.25) is 0 Å². The normalized spacial score (nSPS) is 21.4. The van der Waals surface area contributed by atoms with Crippen LogP contribution >= 0.6 is 0 Å². The molecular weight excluding hydrogens is 140 g/mol. The predicted octanol–water partition coefficient (Wildman–Crippen LogP) is 2.51. The fourth-order valence-electron chi connectivity index (χ4n) is 1.22. The van der Waals surface area contributed by atoms with E-state index in [0.717, 1.165) is 6.42 Å². The minimum Gasteiger partial charge on any atom is -0.198 e. The molecule has 0 aromatic rings. The van der Waals surface area contributed by atoms with Crippen LogP contribution in [0.15, 0.2) is 12.7 Å². The molecule has 1 fully saturated rings. The molecule has 0 aromatic heterocycles. The Kier molecular flexibility index (Phi) is 2.35. The quantitative estimate of drug-likeness (QED) is 0.356. The average molecular weight is 156 g/mol. The van der Waals surface area contributed by atoms with Gasteiger partial charge in [0.1, 0.15) is 0 Å². The molecule has 0 aromatic carbocycles. The lowest BCUT2D eigenvalue weighted by Crippen LogP contribution is -2.24. The van der Waals surface area contributed by atoms with Crippen molar-refractivity contribution in [2.75, 3.05) is 0 Å². The Hall–Kier alpha value is -0.340. The second kappa shape index (κ2) is 2.95. The highest BCUT2D eigenvalue weighted by Crippen LogP contribution is 2.38. The summed E-state index contributed by atoms with van der Waals surface area (Å²) in [7, 11) is 0. The molecule has 0 N–H and O–H groups in total. The van der Waals surface area contributed by atoms with Crippen molar-refractivity contribution in [3.05, 3.63) is 12.7 Å². The molecule has 1 aliphatic rings. The van der Waals surface area contributed by atoms with E-state index in [1.807, 2.05) is 6.08 Å². The van der Waals surface area contributed by atoms with Gasteiger partial charge in [-0.05, 0) is 11.8 Å². The second-order valence-corrected chi connectivity index (χ2v) is 4.06. The molecule has 64 valence electrons. The van der Waals surface area contributed by atoms with Gasteiger partial charge in [-0.15, -0.1) is 6.58 Å². The standard InChI is InChI=1S/C9H16O2/c1-5-6-7(8-10-11-8)9(2,3)4/h5,7-8H,1,6H2,2-4H3. The van der Waals surface area contributed by atoms with E-state index < -0.39 is 0 Å². The van der Waals surface area contributed by atoms with Crippen molar-refractivity contribution in [1.29, 1.82) is 0 Å². The maximum atomic E-state index is 4.80. The molecular formula is C9H16O2. The van der Waals surface area contributed by atoms with Crippen LogP contribution in [0.2, 0.25) is 0 Å². The third-order valence-electron chi connectivity index (χ3n) is 2.07. The van der Waals surface area contributed by atoms with Gasteiger partial charge in [0.25, 0.3) is 0 Å². The van der Waals surface area contributed by atoms with E-state index in [-0.39, 0.29) is 11.7 Å². The maximum Gasteiger partial charge on any atom is 0.228 e. The topological polar surface area (TPSA) is 25.1 Å². The van der Waals surface area contributed by atoms with Crippen molar-refractivity contribution >= 4 is 0 Å². The highest BCUT2D eigenvalue weighted by Gasteiger charge is 2.41. The Bertz CT molecular complexity index is 142. The first-order valence-electron chi connectivity index (χ1n) is 3.98. The fraction of sp³-hybridized carbons (Fsp3) is 0.778. The van der Waals surface area contributed by atoms with Crippen LogP contribution in [0.4, 0.5) is 0 Å². The fourth-order valence-corrected chi connectivity index (χ4v) is 1.22. The van der Waals surface area contributed by atoms with E-state index in [4.69, 9.17) is 9.78 Å². The molecule has 1 aliphatic heterocycles. The van der Waals surface area contributed by atoms with E-state index in [1.54, 1.807) is 0 Å².